The molecule has 0 spiro atoms. The van der Waals surface area contributed by atoms with E-state index in [0.717, 1.165) is 0 Å². The molecule has 0 unspecified atom stereocenters. The fourth-order valence-electron chi connectivity index (χ4n) is 4.21. The number of ether oxygens (including phenoxy) is 12. The van der Waals surface area contributed by atoms with Gasteiger partial charge in [-0.3, -0.25) is 33.6 Å². The molecule has 0 saturated carbocycles. The van der Waals surface area contributed by atoms with Crippen LogP contribution in [-0.2, 0) is 90.4 Å². The number of nitrogens with two attached hydrogens (primary N) is 1. The van der Waals surface area contributed by atoms with Crippen molar-refractivity contribution in [3.63, 3.8) is 0 Å². The standard InChI is InChI=1S/C38H71N7O19/c1-32(46)40-2-8-53-14-20-59-21-15-55-10-4-42-35(49)28-63-29-36(50)44-6-12-57-18-24-61-25-19-58-13-7-45-38(52)31-64-30-37(51)43-5-11-56-17-23-60-22-16-54-9-3-41-34(48)27-62-26-33(39)47/h2-31H2,1H3,(H2,39,47)(H,40,46)(H,41,48)(H,42,49)(H,43,51)(H,44,50)(H,45,52). The summed E-state index contributed by atoms with van der Waals surface area (Å²) in [5.74, 6) is -2.68. The highest BCUT2D eigenvalue weighted by Crippen LogP contribution is 1.86. The fourth-order valence-corrected chi connectivity index (χ4v) is 4.21. The molecule has 64 heavy (non-hydrogen) atoms. The van der Waals surface area contributed by atoms with Gasteiger partial charge in [0, 0.05) is 46.2 Å². The number of rotatable bonds is 48. The minimum Gasteiger partial charge on any atom is -0.377 e. The molecule has 0 aliphatic carbocycles. The molecule has 8 N–H and O–H groups in total. The molecule has 7 amide bonds. The lowest BCUT2D eigenvalue weighted by Crippen LogP contribution is -2.34. The largest absolute Gasteiger partial charge is 0.377 e. The van der Waals surface area contributed by atoms with Gasteiger partial charge in [-0.25, -0.2) is 0 Å². The maximum absolute atomic E-state index is 11.9. The molecule has 0 atom stereocenters. The molecule has 26 heteroatoms. The van der Waals surface area contributed by atoms with Crippen LogP contribution in [0.3, 0.4) is 0 Å². The number of hydrogen-bond donors (Lipinski definition) is 7. The quantitative estimate of drug-likeness (QED) is 0.0280. The van der Waals surface area contributed by atoms with Crippen LogP contribution in [0.1, 0.15) is 6.92 Å². The van der Waals surface area contributed by atoms with Gasteiger partial charge < -0.3 is 94.5 Å². The highest BCUT2D eigenvalue weighted by Gasteiger charge is 2.07. The molecule has 26 nitrogen and oxygen atoms in total. The van der Waals surface area contributed by atoms with Gasteiger partial charge in [0.2, 0.25) is 41.4 Å². The Balaban J connectivity index is 3.38. The number of carbonyl (C=O) groups excluding carboxylic acids is 7. The molecule has 0 fully saturated rings. The van der Waals surface area contributed by atoms with Gasteiger partial charge in [0.15, 0.2) is 0 Å². The minimum absolute atomic E-state index is 0.103. The Bertz CT molecular complexity index is 1220. The molecule has 0 aliphatic rings. The number of hydrogen-bond acceptors (Lipinski definition) is 19. The zero-order valence-electron chi connectivity index (χ0n) is 37.0. The summed E-state index contributed by atoms with van der Waals surface area (Å²) in [4.78, 5) is 80.1. The van der Waals surface area contributed by atoms with Crippen molar-refractivity contribution < 1.29 is 90.4 Å². The third-order valence-electron chi connectivity index (χ3n) is 7.11. The van der Waals surface area contributed by atoms with Crippen molar-refractivity contribution in [1.29, 1.82) is 0 Å². The summed E-state index contributed by atoms with van der Waals surface area (Å²) in [5, 5.41) is 15.7. The summed E-state index contributed by atoms with van der Waals surface area (Å²) in [6, 6.07) is 0. The van der Waals surface area contributed by atoms with E-state index < -0.39 is 17.7 Å². The smallest absolute Gasteiger partial charge is 0.246 e. The van der Waals surface area contributed by atoms with Crippen LogP contribution in [0, 0.1) is 0 Å². The Morgan fingerprint density at radius 1 is 0.281 bits per heavy atom. The van der Waals surface area contributed by atoms with E-state index in [9.17, 15) is 33.6 Å². The first-order valence-corrected chi connectivity index (χ1v) is 20.9. The molecule has 0 saturated heterocycles. The molecule has 0 radical (unpaired) electrons. The molecule has 0 bridgehead atoms. The molecule has 0 rings (SSSR count). The molecular formula is C38H71N7O19. The fraction of sp³-hybridized carbons (Fsp3) is 0.816. The van der Waals surface area contributed by atoms with E-state index in [1.165, 1.54) is 6.92 Å². The predicted octanol–water partition coefficient (Wildman–Crippen LogP) is -5.61. The normalized spacial score (nSPS) is 10.9. The summed E-state index contributed by atoms with van der Waals surface area (Å²) < 4.78 is 63.3. The van der Waals surface area contributed by atoms with E-state index >= 15 is 0 Å². The van der Waals surface area contributed by atoms with E-state index in [0.29, 0.717) is 99.0 Å². The van der Waals surface area contributed by atoms with Crippen LogP contribution < -0.4 is 37.6 Å². The molecule has 0 aliphatic heterocycles. The first kappa shape index (κ1) is 59.8. The first-order chi connectivity index (χ1) is 31.1. The van der Waals surface area contributed by atoms with E-state index in [1.807, 2.05) is 0 Å². The Labute approximate surface area is 373 Å². The van der Waals surface area contributed by atoms with Crippen LogP contribution in [0.15, 0.2) is 0 Å². The maximum Gasteiger partial charge on any atom is 0.246 e. The molecule has 0 aromatic heterocycles. The highest BCUT2D eigenvalue weighted by molar-refractivity contribution is 5.80. The van der Waals surface area contributed by atoms with Gasteiger partial charge in [0.1, 0.15) is 39.6 Å². The Morgan fingerprint density at radius 2 is 0.469 bits per heavy atom. The van der Waals surface area contributed by atoms with Crippen LogP contribution in [0.25, 0.3) is 0 Å². The number of carbonyl (C=O) groups is 7. The van der Waals surface area contributed by atoms with Crippen LogP contribution in [-0.4, -0.2) is 239 Å². The van der Waals surface area contributed by atoms with Gasteiger partial charge in [0.25, 0.3) is 0 Å². The highest BCUT2D eigenvalue weighted by atomic mass is 16.6. The number of amides is 7. The van der Waals surface area contributed by atoms with Crippen LogP contribution in [0.2, 0.25) is 0 Å². The van der Waals surface area contributed by atoms with Crippen molar-refractivity contribution in [1.82, 2.24) is 31.9 Å². The summed E-state index contributed by atoms with van der Waals surface area (Å²) in [5.41, 5.74) is 4.91. The van der Waals surface area contributed by atoms with Gasteiger partial charge in [-0.05, 0) is 0 Å². The zero-order valence-corrected chi connectivity index (χ0v) is 37.0. The van der Waals surface area contributed by atoms with Crippen molar-refractivity contribution in [3.8, 4) is 0 Å². The molecule has 0 aromatic rings. The van der Waals surface area contributed by atoms with E-state index in [1.54, 1.807) is 0 Å². The zero-order chi connectivity index (χ0) is 47.0. The molecule has 0 aromatic carbocycles. The van der Waals surface area contributed by atoms with E-state index in [2.05, 4.69) is 31.9 Å². The average Bonchev–Trinajstić information content (AvgIpc) is 3.25. The minimum atomic E-state index is -0.652. The van der Waals surface area contributed by atoms with Crippen molar-refractivity contribution in [2.24, 2.45) is 5.73 Å². The summed E-state index contributed by atoms with van der Waals surface area (Å²) in [7, 11) is 0. The second-order valence-corrected chi connectivity index (χ2v) is 12.7. The monoisotopic (exact) mass is 929 g/mol. The van der Waals surface area contributed by atoms with Gasteiger partial charge in [0.05, 0.1) is 119 Å². The van der Waals surface area contributed by atoms with Gasteiger partial charge in [-0.2, -0.15) is 0 Å². The van der Waals surface area contributed by atoms with Gasteiger partial charge in [-0.1, -0.05) is 0 Å². The topological polar surface area (TPSA) is 328 Å². The van der Waals surface area contributed by atoms with Crippen LogP contribution >= 0.6 is 0 Å². The third-order valence-corrected chi connectivity index (χ3v) is 7.11. The van der Waals surface area contributed by atoms with Crippen molar-refractivity contribution >= 4 is 41.4 Å². The summed E-state index contributed by atoms with van der Waals surface area (Å²) >= 11 is 0. The third kappa shape index (κ3) is 48.8. The Hall–Kier alpha value is -4.19. The molecular weight excluding hydrogens is 858 g/mol. The van der Waals surface area contributed by atoms with E-state index in [-0.39, 0.29) is 122 Å². The maximum atomic E-state index is 11.9. The predicted molar refractivity (Wildman–Crippen MR) is 223 cm³/mol. The lowest BCUT2D eigenvalue weighted by atomic mass is 10.5. The second-order valence-electron chi connectivity index (χ2n) is 12.7. The molecule has 0 heterocycles. The van der Waals surface area contributed by atoms with Gasteiger partial charge >= 0.3 is 0 Å². The summed E-state index contributed by atoms with van der Waals surface area (Å²) in [6.45, 7) is 7.43. The Kier molecular flexibility index (Phi) is 43.7. The van der Waals surface area contributed by atoms with Gasteiger partial charge in [-0.15, -0.1) is 0 Å². The van der Waals surface area contributed by atoms with Crippen molar-refractivity contribution in [2.75, 3.05) is 198 Å². The van der Waals surface area contributed by atoms with Crippen molar-refractivity contribution in [3.05, 3.63) is 0 Å². The average molecular weight is 930 g/mol. The van der Waals surface area contributed by atoms with Crippen LogP contribution in [0.5, 0.6) is 0 Å². The first-order valence-electron chi connectivity index (χ1n) is 20.9. The van der Waals surface area contributed by atoms with Crippen LogP contribution in [0.4, 0.5) is 0 Å². The second kappa shape index (κ2) is 46.8. The molecule has 372 valence electrons. The lowest BCUT2D eigenvalue weighted by Gasteiger charge is -2.09. The SMILES string of the molecule is CC(=O)NCCOCCOCCOCCNC(=O)COCC(=O)NCCOCCOCCOCCNC(=O)COCC(=O)NCCOCCOCCOCCNC(=O)COCC(N)=O. The summed E-state index contributed by atoms with van der Waals surface area (Å²) in [6.07, 6.45) is 0. The lowest BCUT2D eigenvalue weighted by molar-refractivity contribution is -0.132. The van der Waals surface area contributed by atoms with Crippen molar-refractivity contribution in [2.45, 2.75) is 6.92 Å². The van der Waals surface area contributed by atoms with E-state index in [4.69, 9.17) is 62.6 Å². The number of primary amides is 1. The number of nitrogens with one attached hydrogen (secondary N) is 6. The Morgan fingerprint density at radius 3 is 0.672 bits per heavy atom.